The smallest absolute Gasteiger partial charge is 0.344 e. The van der Waals surface area contributed by atoms with E-state index < -0.39 is 23.8 Å². The number of ether oxygens (including phenoxy) is 2. The number of nitrogens with one attached hydrogen (secondary N) is 3. The highest BCUT2D eigenvalue weighted by atomic mass is 32.1. The zero-order valence-corrected chi connectivity index (χ0v) is 16.3. The van der Waals surface area contributed by atoms with Crippen LogP contribution >= 0.6 is 12.8 Å². The number of carbonyl (C=O) groups excluding carboxylic acids is 4. The second-order valence-electron chi connectivity index (χ2n) is 5.54. The molecular weight excluding hydrogens is 398 g/mol. The van der Waals surface area contributed by atoms with E-state index in [2.05, 4.69) is 28.2 Å². The lowest BCUT2D eigenvalue weighted by molar-refractivity contribution is -0.145. The van der Waals surface area contributed by atoms with Gasteiger partial charge in [0, 0.05) is 16.8 Å². The maximum Gasteiger partial charge on any atom is 0.344 e. The Hall–Kier alpha value is -3.53. The van der Waals surface area contributed by atoms with Gasteiger partial charge in [-0.05, 0) is 55.5 Å². The van der Waals surface area contributed by atoms with Crippen LogP contribution in [0.5, 0.6) is 5.75 Å². The lowest BCUT2D eigenvalue weighted by Gasteiger charge is -2.09. The van der Waals surface area contributed by atoms with Crippen LogP contribution in [0.2, 0.25) is 0 Å². The highest BCUT2D eigenvalue weighted by Crippen LogP contribution is 2.15. The van der Waals surface area contributed by atoms with Crippen molar-refractivity contribution in [1.29, 1.82) is 0 Å². The van der Waals surface area contributed by atoms with Crippen LogP contribution in [0.3, 0.4) is 0 Å². The molecule has 0 heterocycles. The van der Waals surface area contributed by atoms with E-state index in [1.807, 2.05) is 0 Å². The second-order valence-corrected chi connectivity index (χ2v) is 5.77. The third kappa shape index (κ3) is 6.85. The van der Waals surface area contributed by atoms with E-state index in [0.717, 1.165) is 0 Å². The van der Waals surface area contributed by atoms with Crippen LogP contribution in [0.15, 0.2) is 48.5 Å². The molecule has 0 spiro atoms. The Morgan fingerprint density at radius 3 is 2.03 bits per heavy atom. The van der Waals surface area contributed by atoms with E-state index in [9.17, 15) is 19.2 Å². The van der Waals surface area contributed by atoms with Gasteiger partial charge in [0.2, 0.25) is 0 Å². The first kappa shape index (κ1) is 21.8. The Morgan fingerprint density at radius 1 is 0.897 bits per heavy atom. The predicted molar refractivity (Wildman–Crippen MR) is 108 cm³/mol. The average Bonchev–Trinajstić information content (AvgIpc) is 2.73. The van der Waals surface area contributed by atoms with E-state index in [1.54, 1.807) is 31.2 Å². The Labute approximate surface area is 172 Å². The Bertz CT molecular complexity index is 884. The second kappa shape index (κ2) is 10.7. The van der Waals surface area contributed by atoms with Crippen LogP contribution < -0.4 is 20.1 Å². The molecule has 0 fully saturated rings. The molecule has 0 atom stereocenters. The summed E-state index contributed by atoms with van der Waals surface area (Å²) in [4.78, 5) is 46.7. The van der Waals surface area contributed by atoms with Crippen molar-refractivity contribution in [3.63, 3.8) is 0 Å². The first-order chi connectivity index (χ1) is 13.9. The summed E-state index contributed by atoms with van der Waals surface area (Å²) in [6.07, 6.45) is 0. The molecule has 0 aromatic heterocycles. The maximum absolute atomic E-state index is 12.1. The van der Waals surface area contributed by atoms with Gasteiger partial charge in [-0.25, -0.2) is 9.59 Å². The molecule has 0 saturated heterocycles. The van der Waals surface area contributed by atoms with Crippen LogP contribution in [0, 0.1) is 0 Å². The summed E-state index contributed by atoms with van der Waals surface area (Å²) in [6.45, 7) is 1.75. The number of imide groups is 1. The number of esters is 1. The third-order valence-electron chi connectivity index (χ3n) is 3.51. The third-order valence-corrected chi connectivity index (χ3v) is 3.72. The Kier molecular flexibility index (Phi) is 8.04. The van der Waals surface area contributed by atoms with E-state index in [0.29, 0.717) is 17.0 Å². The van der Waals surface area contributed by atoms with Crippen molar-refractivity contribution in [3.8, 4) is 5.75 Å². The van der Waals surface area contributed by atoms with Gasteiger partial charge in [0.05, 0.1) is 6.61 Å². The van der Waals surface area contributed by atoms with Crippen LogP contribution in [0.4, 0.5) is 10.5 Å². The lowest BCUT2D eigenvalue weighted by Crippen LogP contribution is -2.34. The van der Waals surface area contributed by atoms with E-state index in [-0.39, 0.29) is 18.8 Å². The van der Waals surface area contributed by atoms with E-state index >= 15 is 0 Å². The fourth-order valence-corrected chi connectivity index (χ4v) is 2.28. The van der Waals surface area contributed by atoms with Gasteiger partial charge in [0.1, 0.15) is 5.75 Å². The zero-order chi connectivity index (χ0) is 21.2. The first-order valence-corrected chi connectivity index (χ1v) is 8.93. The van der Waals surface area contributed by atoms with Gasteiger partial charge in [-0.15, -0.1) is 0 Å². The van der Waals surface area contributed by atoms with Crippen LogP contribution in [0.25, 0.3) is 0 Å². The minimum atomic E-state index is -0.729. The van der Waals surface area contributed by atoms with Crippen molar-refractivity contribution in [1.82, 2.24) is 10.0 Å². The monoisotopic (exact) mass is 417 g/mol. The van der Waals surface area contributed by atoms with Gasteiger partial charge >= 0.3 is 12.0 Å². The molecule has 0 radical (unpaired) electrons. The summed E-state index contributed by atoms with van der Waals surface area (Å²) in [5, 5.41) is 4.68. The number of carbonyl (C=O) groups is 4. The van der Waals surface area contributed by atoms with Gasteiger partial charge in [0.15, 0.2) is 6.61 Å². The SMILES string of the molecule is CCOC(=O)COc1ccc(NC(=O)NC(=O)c2ccc(C(=O)NS)cc2)cc1. The van der Waals surface area contributed by atoms with E-state index in [4.69, 9.17) is 9.47 Å². The average molecular weight is 417 g/mol. The fourth-order valence-electron chi connectivity index (χ4n) is 2.15. The maximum atomic E-state index is 12.1. The van der Waals surface area contributed by atoms with Crippen LogP contribution in [0.1, 0.15) is 27.6 Å². The molecule has 0 aliphatic heterocycles. The molecule has 9 nitrogen and oxygen atoms in total. The summed E-state index contributed by atoms with van der Waals surface area (Å²) in [7, 11) is 0. The molecule has 0 bridgehead atoms. The molecular formula is C19H19N3O6S. The number of hydrogen-bond donors (Lipinski definition) is 4. The van der Waals surface area contributed by atoms with Gasteiger partial charge < -0.3 is 14.8 Å². The summed E-state index contributed by atoms with van der Waals surface area (Å²) in [5.74, 6) is -1.10. The summed E-state index contributed by atoms with van der Waals surface area (Å²) < 4.78 is 12.2. The summed E-state index contributed by atoms with van der Waals surface area (Å²) in [5.41, 5.74) is 0.949. The number of hydrogen-bond acceptors (Lipinski definition) is 7. The van der Waals surface area contributed by atoms with Gasteiger partial charge in [-0.1, -0.05) is 12.8 Å². The van der Waals surface area contributed by atoms with E-state index in [1.165, 1.54) is 24.3 Å². The Morgan fingerprint density at radius 2 is 1.48 bits per heavy atom. The lowest BCUT2D eigenvalue weighted by atomic mass is 10.1. The van der Waals surface area contributed by atoms with Crippen molar-refractivity contribution >= 4 is 42.3 Å². The molecule has 152 valence electrons. The summed E-state index contributed by atoms with van der Waals surface area (Å²) >= 11 is 3.66. The molecule has 4 amide bonds. The van der Waals surface area contributed by atoms with Gasteiger partial charge in [0.25, 0.3) is 11.8 Å². The molecule has 3 N–H and O–H groups in total. The van der Waals surface area contributed by atoms with Crippen molar-refractivity contribution < 1.29 is 28.7 Å². The van der Waals surface area contributed by atoms with Crippen molar-refractivity contribution in [2.45, 2.75) is 6.92 Å². The molecule has 2 rings (SSSR count). The number of urea groups is 1. The van der Waals surface area contributed by atoms with Crippen molar-refractivity contribution in [2.24, 2.45) is 0 Å². The quantitative estimate of drug-likeness (QED) is 0.404. The molecule has 10 heteroatoms. The van der Waals surface area contributed by atoms with Gasteiger partial charge in [-0.2, -0.15) is 0 Å². The van der Waals surface area contributed by atoms with Crippen LogP contribution in [-0.4, -0.2) is 37.0 Å². The molecule has 0 saturated carbocycles. The minimum Gasteiger partial charge on any atom is -0.482 e. The van der Waals surface area contributed by atoms with Gasteiger partial charge in [-0.3, -0.25) is 19.6 Å². The van der Waals surface area contributed by atoms with Crippen molar-refractivity contribution in [2.75, 3.05) is 18.5 Å². The first-order valence-electron chi connectivity index (χ1n) is 8.48. The molecule has 0 aliphatic carbocycles. The summed E-state index contributed by atoms with van der Waals surface area (Å²) in [6, 6.07) is 11.2. The number of benzene rings is 2. The standard InChI is InChI=1S/C19H19N3O6S/c1-2-27-16(23)11-28-15-9-7-14(8-10-15)20-19(26)21-17(24)12-3-5-13(6-4-12)18(25)22-29/h3-10,29H,2,11H2,1H3,(H,22,25)(H2,20,21,24,26). The molecule has 29 heavy (non-hydrogen) atoms. The zero-order valence-electron chi connectivity index (χ0n) is 15.4. The topological polar surface area (TPSA) is 123 Å². The Balaban J connectivity index is 1.86. The highest BCUT2D eigenvalue weighted by molar-refractivity contribution is 7.78. The number of thiol groups is 1. The highest BCUT2D eigenvalue weighted by Gasteiger charge is 2.12. The molecule has 0 unspecified atom stereocenters. The van der Waals surface area contributed by atoms with Crippen molar-refractivity contribution in [3.05, 3.63) is 59.7 Å². The fraction of sp³-hybridized carbons (Fsp3) is 0.158. The predicted octanol–water partition coefficient (Wildman–Crippen LogP) is 2.17. The largest absolute Gasteiger partial charge is 0.482 e. The normalized spacial score (nSPS) is 9.86. The minimum absolute atomic E-state index is 0.207. The number of rotatable bonds is 7. The molecule has 0 aliphatic rings. The van der Waals surface area contributed by atoms with Crippen LogP contribution in [-0.2, 0) is 9.53 Å². The molecule has 2 aromatic rings. The molecule has 2 aromatic carbocycles. The number of anilines is 1. The number of amides is 4.